The van der Waals surface area contributed by atoms with Crippen LogP contribution in [0.5, 0.6) is 0 Å². The van der Waals surface area contributed by atoms with E-state index < -0.39 is 0 Å². The van der Waals surface area contributed by atoms with Gasteiger partial charge in [0.2, 0.25) is 0 Å². The van der Waals surface area contributed by atoms with Gasteiger partial charge in [-0.25, -0.2) is 0 Å². The molecule has 0 saturated carbocycles. The number of hydrogen-bond acceptors (Lipinski definition) is 3. The highest BCUT2D eigenvalue weighted by atomic mass is 32.1. The summed E-state index contributed by atoms with van der Waals surface area (Å²) >= 11 is 2.09. The highest BCUT2D eigenvalue weighted by Gasteiger charge is 2.55. The Morgan fingerprint density at radius 3 is 2.03 bits per heavy atom. The maximum atomic E-state index is 2.94. The molecule has 0 spiro atoms. The third-order valence-corrected chi connectivity index (χ3v) is 21.0. The molecule has 2 aliphatic heterocycles. The molecule has 2 nitrogen and oxygen atoms in total. The Morgan fingerprint density at radius 1 is 0.645 bits per heavy atom. The molecular formula is C72H91BN2S. The first-order valence-corrected chi connectivity index (χ1v) is 31.3. The number of hydrogen-bond donors (Lipinski definition) is 0. The van der Waals surface area contributed by atoms with Gasteiger partial charge in [0.15, 0.2) is 0 Å². The Morgan fingerprint density at radius 2 is 1.33 bits per heavy atom. The zero-order valence-corrected chi connectivity index (χ0v) is 50.3. The van der Waals surface area contributed by atoms with Crippen molar-refractivity contribution in [3.63, 3.8) is 0 Å². The molecule has 1 aromatic heterocycles. The molecule has 6 aromatic rings. The molecule has 0 fully saturated rings. The van der Waals surface area contributed by atoms with E-state index in [1.807, 2.05) is 0 Å². The normalized spacial score (nSPS) is 21.9. The fraction of sp³-hybridized carbons (Fsp3) is 0.500. The van der Waals surface area contributed by atoms with Crippen LogP contribution in [-0.2, 0) is 34.5 Å². The number of anilines is 4. The molecule has 0 radical (unpaired) electrons. The third-order valence-electron chi connectivity index (χ3n) is 19.8. The van der Waals surface area contributed by atoms with Gasteiger partial charge >= 0.3 is 0 Å². The van der Waals surface area contributed by atoms with E-state index in [4.69, 9.17) is 0 Å². The van der Waals surface area contributed by atoms with Gasteiger partial charge in [-0.3, -0.25) is 0 Å². The summed E-state index contributed by atoms with van der Waals surface area (Å²) in [6.07, 6.45) is 20.7. The van der Waals surface area contributed by atoms with Crippen molar-refractivity contribution in [2.45, 2.75) is 227 Å². The SMILES string of the molecule is CCCCCC1(C)CC(C)(C)c2ccc(N3c4cc5c(cc4B4C6=C(C=C(C)C(CC)C63)N(c3ccc(C(C)CCC)cc3-c3ccc(CCCC)cc3)c3c4sc4ccc(CCCC)cc34)C(C)(C)CC5(C)C)cc21. The van der Waals surface area contributed by atoms with E-state index in [0.29, 0.717) is 11.8 Å². The summed E-state index contributed by atoms with van der Waals surface area (Å²) in [5, 5.41) is 1.42. The molecule has 0 saturated heterocycles. The van der Waals surface area contributed by atoms with Crippen molar-refractivity contribution in [2.24, 2.45) is 5.92 Å². The van der Waals surface area contributed by atoms with Crippen LogP contribution in [0.3, 0.4) is 0 Å². The summed E-state index contributed by atoms with van der Waals surface area (Å²) in [6.45, 7) is 34.6. The van der Waals surface area contributed by atoms with Gasteiger partial charge in [-0.1, -0.05) is 183 Å². The predicted octanol–water partition coefficient (Wildman–Crippen LogP) is 19.7. The second kappa shape index (κ2) is 20.1. The largest absolute Gasteiger partial charge is 0.335 e. The Balaban J connectivity index is 1.24. The van der Waals surface area contributed by atoms with E-state index in [1.54, 1.807) is 27.7 Å². The first-order chi connectivity index (χ1) is 36.4. The van der Waals surface area contributed by atoms with Crippen molar-refractivity contribution in [3.05, 3.63) is 153 Å². The Hall–Kier alpha value is -4.80. The number of unbranched alkanes of at least 4 members (excludes halogenated alkanes) is 4. The molecule has 5 aromatic carbocycles. The Labute approximate surface area is 465 Å². The van der Waals surface area contributed by atoms with Crippen LogP contribution in [0.15, 0.2) is 114 Å². The van der Waals surface area contributed by atoms with Gasteiger partial charge in [-0.05, 0) is 196 Å². The van der Waals surface area contributed by atoms with Gasteiger partial charge in [0.05, 0.1) is 17.4 Å². The van der Waals surface area contributed by atoms with Gasteiger partial charge in [-0.2, -0.15) is 0 Å². The minimum absolute atomic E-state index is 0.0662. The maximum absolute atomic E-state index is 2.94. The highest BCUT2D eigenvalue weighted by Crippen LogP contribution is 2.58. The average Bonchev–Trinajstić information content (AvgIpc) is 4.11. The molecule has 76 heavy (non-hydrogen) atoms. The molecule has 5 aliphatic rings. The number of aryl methyl sites for hydroxylation is 2. The second-order valence-electron chi connectivity index (χ2n) is 27.1. The first-order valence-electron chi connectivity index (χ1n) is 30.5. The van der Waals surface area contributed by atoms with Crippen molar-refractivity contribution in [1.82, 2.24) is 0 Å². The molecule has 4 heteroatoms. The van der Waals surface area contributed by atoms with E-state index in [0.717, 1.165) is 25.7 Å². The summed E-state index contributed by atoms with van der Waals surface area (Å²) < 4.78 is 2.93. The predicted molar refractivity (Wildman–Crippen MR) is 335 cm³/mol. The van der Waals surface area contributed by atoms with Crippen molar-refractivity contribution in [1.29, 1.82) is 0 Å². The van der Waals surface area contributed by atoms with Gasteiger partial charge in [0, 0.05) is 43.4 Å². The number of nitrogens with zero attached hydrogens (tertiary/aromatic N) is 2. The fourth-order valence-corrected chi connectivity index (χ4v) is 17.6. The zero-order valence-electron chi connectivity index (χ0n) is 49.5. The van der Waals surface area contributed by atoms with Crippen LogP contribution in [-0.4, -0.2) is 12.8 Å². The third kappa shape index (κ3) is 8.81. The van der Waals surface area contributed by atoms with Crippen LogP contribution < -0.4 is 20.0 Å². The standard InChI is InChI=1S/C72H91BN2S/c1-15-20-23-37-72(14)45-71(12,13)56-34-33-52(41-59(56)72)74-62-43-58-57(69(8,9)44-70(58,10)11)42-60(62)73-65-63(38-47(7)53(19-5)66(65)74)75(67-55-39-49(26-22-17-3)29-36-64(55)76-68(67)73)61-35-32-51(46(6)24-18-4)40-54(61)50-30-27-48(28-31-50)25-21-16-2/h27-36,38-43,46,53,66H,15-26,37,44-45H2,1-14H3. The van der Waals surface area contributed by atoms with Crippen LogP contribution in [0.4, 0.5) is 22.7 Å². The van der Waals surface area contributed by atoms with Crippen molar-refractivity contribution in [2.75, 3.05) is 9.80 Å². The summed E-state index contributed by atoms with van der Waals surface area (Å²) in [7, 11) is 0. The first kappa shape index (κ1) is 53.2. The quantitative estimate of drug-likeness (QED) is 0.0664. The van der Waals surface area contributed by atoms with Gasteiger partial charge in [0.1, 0.15) is 0 Å². The Bertz CT molecular complexity index is 3250. The van der Waals surface area contributed by atoms with Crippen LogP contribution in [0.25, 0.3) is 21.2 Å². The van der Waals surface area contributed by atoms with Crippen molar-refractivity contribution in [3.8, 4) is 11.1 Å². The Kier molecular flexibility index (Phi) is 14.1. The minimum Gasteiger partial charge on any atom is -0.335 e. The van der Waals surface area contributed by atoms with Crippen LogP contribution in [0.2, 0.25) is 0 Å². The van der Waals surface area contributed by atoms with Crippen molar-refractivity contribution < 1.29 is 0 Å². The summed E-state index contributed by atoms with van der Waals surface area (Å²) in [4.78, 5) is 5.77. The number of benzene rings is 5. The smallest absolute Gasteiger partial charge is 0.259 e. The molecule has 3 heterocycles. The molecule has 4 atom stereocenters. The van der Waals surface area contributed by atoms with E-state index >= 15 is 0 Å². The van der Waals surface area contributed by atoms with E-state index in [-0.39, 0.29) is 34.4 Å². The summed E-state index contributed by atoms with van der Waals surface area (Å²) in [5.74, 6) is 0.823. The zero-order chi connectivity index (χ0) is 53.6. The molecule has 398 valence electrons. The van der Waals surface area contributed by atoms with E-state index in [9.17, 15) is 0 Å². The number of rotatable bonds is 17. The molecule has 0 bridgehead atoms. The minimum atomic E-state index is 0.0662. The monoisotopic (exact) mass is 1030 g/mol. The molecule has 3 aliphatic carbocycles. The molecule has 0 N–H and O–H groups in total. The van der Waals surface area contributed by atoms with E-state index in [1.165, 1.54) is 153 Å². The number of fused-ring (bicyclic) bond motifs is 8. The summed E-state index contributed by atoms with van der Waals surface area (Å²) in [5.41, 5.74) is 25.2. The lowest BCUT2D eigenvalue weighted by Crippen LogP contribution is -2.62. The topological polar surface area (TPSA) is 6.48 Å². The van der Waals surface area contributed by atoms with Crippen LogP contribution >= 0.6 is 11.3 Å². The lowest BCUT2D eigenvalue weighted by Gasteiger charge is -2.53. The van der Waals surface area contributed by atoms with Crippen molar-refractivity contribution >= 4 is 61.1 Å². The van der Waals surface area contributed by atoms with Gasteiger partial charge in [-0.15, -0.1) is 11.3 Å². The summed E-state index contributed by atoms with van der Waals surface area (Å²) in [6, 6.07) is 38.5. The lowest BCUT2D eigenvalue weighted by molar-refractivity contribution is 0.344. The lowest BCUT2D eigenvalue weighted by atomic mass is 9.33. The number of thiophene rings is 1. The molecule has 11 rings (SSSR count). The maximum Gasteiger partial charge on any atom is 0.259 e. The van der Waals surface area contributed by atoms with E-state index in [2.05, 4.69) is 215 Å². The molecular weight excluding hydrogens is 936 g/mol. The van der Waals surface area contributed by atoms with Gasteiger partial charge < -0.3 is 9.80 Å². The molecule has 4 unspecified atom stereocenters. The second-order valence-corrected chi connectivity index (χ2v) is 28.1. The molecule has 0 amide bonds. The van der Waals surface area contributed by atoms with Crippen LogP contribution in [0.1, 0.15) is 225 Å². The highest BCUT2D eigenvalue weighted by molar-refractivity contribution is 7.32. The fourth-order valence-electron chi connectivity index (χ4n) is 16.3. The average molecular weight is 1030 g/mol. The van der Waals surface area contributed by atoms with Crippen LogP contribution in [0, 0.1) is 5.92 Å². The van der Waals surface area contributed by atoms with Gasteiger partial charge in [0.25, 0.3) is 6.71 Å². The number of allylic oxidation sites excluding steroid dienone is 1.